The summed E-state index contributed by atoms with van der Waals surface area (Å²) in [7, 11) is 2.19. The Kier molecular flexibility index (Phi) is 4.43. The normalized spacial score (nSPS) is 16.4. The molecular formula is C15H24N2. The van der Waals surface area contributed by atoms with E-state index < -0.39 is 0 Å². The van der Waals surface area contributed by atoms with Gasteiger partial charge < -0.3 is 10.6 Å². The van der Waals surface area contributed by atoms with Crippen LogP contribution in [0.3, 0.4) is 0 Å². The lowest BCUT2D eigenvalue weighted by Gasteiger charge is -2.21. The third-order valence-corrected chi connectivity index (χ3v) is 3.93. The van der Waals surface area contributed by atoms with E-state index in [1.807, 2.05) is 0 Å². The van der Waals surface area contributed by atoms with Gasteiger partial charge in [0.25, 0.3) is 0 Å². The minimum Gasteiger partial charge on any atom is -0.375 e. The first-order valence-corrected chi connectivity index (χ1v) is 6.79. The lowest BCUT2D eigenvalue weighted by Crippen LogP contribution is -2.20. The van der Waals surface area contributed by atoms with E-state index in [0.717, 1.165) is 5.92 Å². The second-order valence-electron chi connectivity index (χ2n) is 5.23. The number of nitrogens with two attached hydrogens (primary N) is 1. The predicted octanol–water partition coefficient (Wildman–Crippen LogP) is 3.16. The summed E-state index contributed by atoms with van der Waals surface area (Å²) in [6.07, 6.45) is 7.10. The van der Waals surface area contributed by atoms with Gasteiger partial charge in [0.1, 0.15) is 0 Å². The topological polar surface area (TPSA) is 29.3 Å². The maximum absolute atomic E-state index is 5.67. The Balaban J connectivity index is 1.87. The highest BCUT2D eigenvalue weighted by Crippen LogP contribution is 2.28. The maximum atomic E-state index is 5.67. The van der Waals surface area contributed by atoms with E-state index in [2.05, 4.69) is 36.2 Å². The van der Waals surface area contributed by atoms with Crippen molar-refractivity contribution in [2.45, 2.75) is 38.6 Å². The summed E-state index contributed by atoms with van der Waals surface area (Å²) in [5.74, 6) is 0.968. The van der Waals surface area contributed by atoms with Gasteiger partial charge in [-0.25, -0.2) is 0 Å². The number of hydrogen-bond donors (Lipinski definition) is 1. The highest BCUT2D eigenvalue weighted by molar-refractivity contribution is 5.47. The lowest BCUT2D eigenvalue weighted by atomic mass is 10.0. The van der Waals surface area contributed by atoms with Crippen LogP contribution in [0.25, 0.3) is 0 Å². The molecule has 1 aromatic rings. The van der Waals surface area contributed by atoms with Crippen molar-refractivity contribution in [3.05, 3.63) is 29.8 Å². The molecule has 0 saturated heterocycles. The van der Waals surface area contributed by atoms with Crippen molar-refractivity contribution >= 4 is 5.69 Å². The van der Waals surface area contributed by atoms with E-state index in [4.69, 9.17) is 5.73 Å². The fourth-order valence-corrected chi connectivity index (χ4v) is 2.73. The van der Waals surface area contributed by atoms with Crippen LogP contribution in [0.4, 0.5) is 5.69 Å². The lowest BCUT2D eigenvalue weighted by molar-refractivity contribution is 0.505. The molecule has 1 aliphatic rings. The van der Waals surface area contributed by atoms with Crippen LogP contribution in [-0.4, -0.2) is 13.6 Å². The molecule has 1 fully saturated rings. The molecule has 0 spiro atoms. The number of hydrogen-bond acceptors (Lipinski definition) is 2. The Labute approximate surface area is 105 Å². The molecule has 1 saturated carbocycles. The molecule has 0 aromatic heterocycles. The number of benzene rings is 1. The molecule has 94 valence electrons. The van der Waals surface area contributed by atoms with E-state index in [1.54, 1.807) is 0 Å². The van der Waals surface area contributed by atoms with Crippen molar-refractivity contribution in [2.24, 2.45) is 11.7 Å². The van der Waals surface area contributed by atoms with Gasteiger partial charge in [-0.15, -0.1) is 0 Å². The van der Waals surface area contributed by atoms with Crippen LogP contribution in [0.1, 0.15) is 37.7 Å². The molecule has 17 heavy (non-hydrogen) atoms. The highest BCUT2D eigenvalue weighted by Gasteiger charge is 2.15. The van der Waals surface area contributed by atoms with Gasteiger partial charge in [0.05, 0.1) is 0 Å². The second kappa shape index (κ2) is 6.06. The fourth-order valence-electron chi connectivity index (χ4n) is 2.73. The fraction of sp³-hybridized carbons (Fsp3) is 0.600. The molecule has 2 N–H and O–H groups in total. The summed E-state index contributed by atoms with van der Waals surface area (Å²) in [5, 5.41) is 0. The van der Waals surface area contributed by atoms with Gasteiger partial charge in [-0.05, 0) is 30.0 Å². The zero-order chi connectivity index (χ0) is 12.1. The van der Waals surface area contributed by atoms with Crippen LogP contribution in [0, 0.1) is 5.92 Å². The molecule has 2 heteroatoms. The smallest absolute Gasteiger partial charge is 0.0366 e. The van der Waals surface area contributed by atoms with Gasteiger partial charge in [0.15, 0.2) is 0 Å². The van der Waals surface area contributed by atoms with E-state index >= 15 is 0 Å². The number of anilines is 1. The maximum Gasteiger partial charge on any atom is 0.0366 e. The minimum absolute atomic E-state index is 0.629. The van der Waals surface area contributed by atoms with Crippen molar-refractivity contribution in [1.82, 2.24) is 0 Å². The van der Waals surface area contributed by atoms with E-state index in [-0.39, 0.29) is 0 Å². The number of nitrogens with zero attached hydrogens (tertiary/aromatic N) is 1. The molecule has 0 radical (unpaired) electrons. The van der Waals surface area contributed by atoms with Crippen LogP contribution < -0.4 is 10.6 Å². The van der Waals surface area contributed by atoms with Crippen molar-refractivity contribution in [3.63, 3.8) is 0 Å². The molecular weight excluding hydrogens is 208 g/mol. The summed E-state index contributed by atoms with van der Waals surface area (Å²) >= 11 is 0. The SMILES string of the molecule is CN(CCC1CCCC1)c1cccc(CN)c1. The largest absolute Gasteiger partial charge is 0.375 e. The van der Waals surface area contributed by atoms with Crippen molar-refractivity contribution in [1.29, 1.82) is 0 Å². The van der Waals surface area contributed by atoms with Crippen LogP contribution >= 0.6 is 0 Å². The molecule has 1 aromatic carbocycles. The molecule has 0 amide bonds. The first kappa shape index (κ1) is 12.4. The van der Waals surface area contributed by atoms with Crippen LogP contribution in [0.2, 0.25) is 0 Å². The van der Waals surface area contributed by atoms with Crippen molar-refractivity contribution in [2.75, 3.05) is 18.5 Å². The summed E-state index contributed by atoms with van der Waals surface area (Å²) in [6.45, 7) is 1.79. The monoisotopic (exact) mass is 232 g/mol. The summed E-state index contributed by atoms with van der Waals surface area (Å²) in [5.41, 5.74) is 8.19. The van der Waals surface area contributed by atoms with E-state index in [1.165, 1.54) is 49.9 Å². The van der Waals surface area contributed by atoms with Crippen molar-refractivity contribution < 1.29 is 0 Å². The molecule has 2 rings (SSSR count). The Morgan fingerprint density at radius 1 is 1.29 bits per heavy atom. The summed E-state index contributed by atoms with van der Waals surface area (Å²) < 4.78 is 0. The van der Waals surface area contributed by atoms with Gasteiger partial charge in [-0.1, -0.05) is 37.8 Å². The zero-order valence-electron chi connectivity index (χ0n) is 10.9. The van der Waals surface area contributed by atoms with E-state index in [9.17, 15) is 0 Å². The highest BCUT2D eigenvalue weighted by atomic mass is 15.1. The Morgan fingerprint density at radius 2 is 2.06 bits per heavy atom. The van der Waals surface area contributed by atoms with E-state index in [0.29, 0.717) is 6.54 Å². The Hall–Kier alpha value is -1.02. The Bertz CT molecular complexity index is 343. The van der Waals surface area contributed by atoms with Gasteiger partial charge >= 0.3 is 0 Å². The first-order chi connectivity index (χ1) is 8.29. The average molecular weight is 232 g/mol. The first-order valence-electron chi connectivity index (χ1n) is 6.79. The minimum atomic E-state index is 0.629. The molecule has 0 unspecified atom stereocenters. The van der Waals surface area contributed by atoms with Gasteiger partial charge in [0, 0.05) is 25.8 Å². The molecule has 0 aliphatic heterocycles. The number of rotatable bonds is 5. The molecule has 0 bridgehead atoms. The van der Waals surface area contributed by atoms with Crippen molar-refractivity contribution in [3.8, 4) is 0 Å². The quantitative estimate of drug-likeness (QED) is 0.845. The van der Waals surface area contributed by atoms with Crippen LogP contribution in [0.15, 0.2) is 24.3 Å². The van der Waals surface area contributed by atoms with Gasteiger partial charge in [-0.2, -0.15) is 0 Å². The van der Waals surface area contributed by atoms with Gasteiger partial charge in [-0.3, -0.25) is 0 Å². The van der Waals surface area contributed by atoms with Gasteiger partial charge in [0.2, 0.25) is 0 Å². The summed E-state index contributed by atoms with van der Waals surface area (Å²) in [4.78, 5) is 2.36. The second-order valence-corrected chi connectivity index (χ2v) is 5.23. The van der Waals surface area contributed by atoms with Crippen LogP contribution in [0.5, 0.6) is 0 Å². The third-order valence-electron chi connectivity index (χ3n) is 3.93. The molecule has 2 nitrogen and oxygen atoms in total. The average Bonchev–Trinajstić information content (AvgIpc) is 2.89. The summed E-state index contributed by atoms with van der Waals surface area (Å²) in [6, 6.07) is 8.57. The zero-order valence-corrected chi connectivity index (χ0v) is 10.9. The Morgan fingerprint density at radius 3 is 2.76 bits per heavy atom. The predicted molar refractivity (Wildman–Crippen MR) is 74.2 cm³/mol. The third kappa shape index (κ3) is 3.47. The standard InChI is InChI=1S/C15H24N2/c1-17(10-9-13-5-2-3-6-13)15-8-4-7-14(11-15)12-16/h4,7-8,11,13H,2-3,5-6,9-10,12,16H2,1H3. The molecule has 1 aliphatic carbocycles. The molecule has 0 heterocycles. The van der Waals surface area contributed by atoms with Crippen LogP contribution in [-0.2, 0) is 6.54 Å². The molecule has 0 atom stereocenters.